The molecule has 0 saturated carbocycles. The predicted octanol–water partition coefficient (Wildman–Crippen LogP) is 12.1. The van der Waals surface area contributed by atoms with Crippen LogP contribution < -0.4 is 0 Å². The molecule has 0 radical (unpaired) electrons. The van der Waals surface area contributed by atoms with E-state index in [1.165, 1.54) is 110 Å². The van der Waals surface area contributed by atoms with E-state index in [0.29, 0.717) is 11.3 Å². The van der Waals surface area contributed by atoms with Gasteiger partial charge in [0.25, 0.3) is 0 Å². The van der Waals surface area contributed by atoms with Crippen molar-refractivity contribution < 1.29 is 28.6 Å². The van der Waals surface area contributed by atoms with Crippen molar-refractivity contribution in [2.75, 3.05) is 0 Å². The summed E-state index contributed by atoms with van der Waals surface area (Å²) in [5.41, 5.74) is 18.9. The molecule has 0 saturated heterocycles. The van der Waals surface area contributed by atoms with Crippen LogP contribution in [0.1, 0.15) is 128 Å². The van der Waals surface area contributed by atoms with Gasteiger partial charge in [-0.25, -0.2) is 11.1 Å². The van der Waals surface area contributed by atoms with Crippen molar-refractivity contribution in [1.82, 2.24) is 0 Å². The summed E-state index contributed by atoms with van der Waals surface area (Å²) in [5.74, 6) is 0.403. The fourth-order valence-corrected chi connectivity index (χ4v) is 8.17. The van der Waals surface area contributed by atoms with Crippen LogP contribution in [0.4, 0.5) is 4.39 Å². The summed E-state index contributed by atoms with van der Waals surface area (Å²) in [6, 6.07) is 16.3. The second-order valence-electron chi connectivity index (χ2n) is 15.7. The van der Waals surface area contributed by atoms with Gasteiger partial charge < -0.3 is 0 Å². The Morgan fingerprint density at radius 1 is 0.872 bits per heavy atom. The zero-order valence-corrected chi connectivity index (χ0v) is 32.9. The number of fused-ring (bicyclic) bond motifs is 5. The molecule has 0 spiro atoms. The number of allylic oxidation sites excluding steroid dienone is 8. The van der Waals surface area contributed by atoms with E-state index in [0.717, 1.165) is 18.4 Å². The molecule has 242 valence electrons. The van der Waals surface area contributed by atoms with Gasteiger partial charge in [0.2, 0.25) is 0 Å². The van der Waals surface area contributed by atoms with Gasteiger partial charge in [-0.1, -0.05) is 117 Å². The molecule has 0 aliphatic heterocycles. The van der Waals surface area contributed by atoms with Crippen LogP contribution in [0.25, 0.3) is 22.3 Å². The van der Waals surface area contributed by atoms with Crippen molar-refractivity contribution in [1.29, 1.82) is 0 Å². The maximum atomic E-state index is 12.2. The van der Waals surface area contributed by atoms with Crippen molar-refractivity contribution in [2.24, 2.45) is 11.3 Å². The zero-order valence-electron chi connectivity index (χ0n) is 30.4. The quantitative estimate of drug-likeness (QED) is 0.187. The number of rotatable bonds is 3. The molecule has 0 N–H and O–H groups in total. The van der Waals surface area contributed by atoms with Crippen LogP contribution in [0, 0.1) is 29.3 Å². The summed E-state index contributed by atoms with van der Waals surface area (Å²) >= 11 is 1.34. The summed E-state index contributed by atoms with van der Waals surface area (Å²) in [7, 11) is 0. The van der Waals surface area contributed by atoms with E-state index in [-0.39, 0.29) is 16.6 Å². The average Bonchev–Trinajstić information content (AvgIpc) is 3.72. The van der Waals surface area contributed by atoms with Crippen LogP contribution in [-0.4, -0.2) is 3.71 Å². The molecule has 4 aliphatic carbocycles. The summed E-state index contributed by atoms with van der Waals surface area (Å²) in [6.07, 6.45) is 15.4. The number of halogens is 1. The molecule has 1 atom stereocenters. The van der Waals surface area contributed by atoms with Crippen LogP contribution in [0.5, 0.6) is 0 Å². The van der Waals surface area contributed by atoms with E-state index in [1.54, 1.807) is 12.1 Å². The maximum absolute atomic E-state index is 12.2. The van der Waals surface area contributed by atoms with Gasteiger partial charge in [-0.2, -0.15) is 17.2 Å². The molecule has 0 nitrogen and oxygen atoms in total. The molecule has 47 heavy (non-hydrogen) atoms. The fraction of sp³-hybridized carbons (Fsp3) is 0.400. The van der Waals surface area contributed by atoms with Gasteiger partial charge in [0.1, 0.15) is 0 Å². The van der Waals surface area contributed by atoms with Crippen molar-refractivity contribution in [3.63, 3.8) is 0 Å². The molecule has 0 amide bonds. The molecule has 0 bridgehead atoms. The van der Waals surface area contributed by atoms with Crippen LogP contribution in [0.2, 0.25) is 0 Å². The Hall–Kier alpha value is -2.70. The summed E-state index contributed by atoms with van der Waals surface area (Å²) in [4.78, 5) is 0. The molecule has 1 unspecified atom stereocenters. The van der Waals surface area contributed by atoms with Crippen molar-refractivity contribution in [3.05, 3.63) is 129 Å². The van der Waals surface area contributed by atoms with Crippen molar-refractivity contribution >= 4 is 14.9 Å². The number of hydrogen-bond donors (Lipinski definition) is 0. The van der Waals surface area contributed by atoms with Gasteiger partial charge in [-0.3, -0.25) is 12.2 Å². The molecule has 4 aliphatic rings. The third-order valence-electron chi connectivity index (χ3n) is 10.1. The summed E-state index contributed by atoms with van der Waals surface area (Å²) in [5, 5.41) is 0. The monoisotopic (exact) mass is 700 g/mol. The molecule has 0 fully saturated rings. The molecule has 0 heterocycles. The first-order chi connectivity index (χ1) is 22.0. The third-order valence-corrected chi connectivity index (χ3v) is 10.9. The second-order valence-corrected chi connectivity index (χ2v) is 16.4. The van der Waals surface area contributed by atoms with Crippen LogP contribution in [0.15, 0.2) is 71.8 Å². The zero-order chi connectivity index (χ0) is 34.5. The molecule has 2 heteroatoms. The first-order valence-corrected chi connectivity index (χ1v) is 18.7. The first-order valence-electron chi connectivity index (χ1n) is 17.3. The van der Waals surface area contributed by atoms with E-state index in [2.05, 4.69) is 125 Å². The normalized spacial score (nSPS) is 19.1. The predicted molar refractivity (Wildman–Crippen MR) is 197 cm³/mol. The van der Waals surface area contributed by atoms with E-state index >= 15 is 0 Å². The minimum atomic E-state index is -0.170. The van der Waals surface area contributed by atoms with Gasteiger partial charge in [0.15, 0.2) is 0 Å². The van der Waals surface area contributed by atoms with Crippen molar-refractivity contribution in [2.45, 2.75) is 106 Å². The van der Waals surface area contributed by atoms with Crippen molar-refractivity contribution in [3.8, 4) is 11.1 Å². The molecular weight excluding hydrogens is 651 g/mol. The molecule has 7 rings (SSSR count). The van der Waals surface area contributed by atoms with Crippen LogP contribution in [-0.2, 0) is 41.5 Å². The SMILES string of the molecule is CC1=[C-]C(C)(C)c2cc3c(cc21)-c1cc2c(cc1C3)C(C)(C)C=C2C.CCC1=[C-]C(CC)C=C1C(C)(C)C.Fc1ccc([CH]=[Zr+2])cc1. The molecule has 3 aromatic carbocycles. The fourth-order valence-electron chi connectivity index (χ4n) is 7.69. The van der Waals surface area contributed by atoms with E-state index in [9.17, 15) is 4.39 Å². The first kappa shape index (κ1) is 35.6. The Morgan fingerprint density at radius 2 is 1.47 bits per heavy atom. The third kappa shape index (κ3) is 7.20. The standard InChI is InChI=1S/C25H25.C13H21.C7H5F.Zr/c1-14-12-24(3,4)22-8-16-7-17-9-23-19(15(2)13-25(23,5)6)11-21(17)20(16)10-18(14)22;1-6-10-8-11(7-2)12(9-10)13(3,4)5;1-6-2-4-7(8)5-3-6;/h8-12H,7H2,1-6H3;9-10H,6-7H2,1-5H3;1-5H;/q2*-1;;+2. The van der Waals surface area contributed by atoms with E-state index in [1.807, 2.05) is 3.71 Å². The van der Waals surface area contributed by atoms with Crippen LogP contribution >= 0.6 is 0 Å². The second kappa shape index (κ2) is 13.3. The van der Waals surface area contributed by atoms with Gasteiger partial charge in [0.05, 0.1) is 0 Å². The number of hydrogen-bond acceptors (Lipinski definition) is 0. The Kier molecular flexibility index (Phi) is 10.1. The average molecular weight is 702 g/mol. The summed E-state index contributed by atoms with van der Waals surface area (Å²) < 4.78 is 14.2. The van der Waals surface area contributed by atoms with Gasteiger partial charge >= 0.3 is 68.0 Å². The van der Waals surface area contributed by atoms with E-state index < -0.39 is 0 Å². The van der Waals surface area contributed by atoms with Crippen LogP contribution in [0.3, 0.4) is 0 Å². The Morgan fingerprint density at radius 3 is 2.00 bits per heavy atom. The Bertz CT molecular complexity index is 1750. The minimum absolute atomic E-state index is 0.0340. The number of benzene rings is 3. The Labute approximate surface area is 299 Å². The molecule has 0 aromatic heterocycles. The molecule has 3 aromatic rings. The topological polar surface area (TPSA) is 0 Å². The van der Waals surface area contributed by atoms with Gasteiger partial charge in [0, 0.05) is 5.41 Å². The van der Waals surface area contributed by atoms with Gasteiger partial charge in [-0.15, -0.1) is 11.6 Å². The molecular formula is C45H51FZr. The van der Waals surface area contributed by atoms with E-state index in [4.69, 9.17) is 0 Å². The Balaban J connectivity index is 0.000000165. The van der Waals surface area contributed by atoms with Gasteiger partial charge in [-0.05, 0) is 58.4 Å². The summed E-state index contributed by atoms with van der Waals surface area (Å²) in [6.45, 7) is 25.0.